The van der Waals surface area contributed by atoms with Crippen molar-refractivity contribution in [3.63, 3.8) is 0 Å². The average molecular weight is 195 g/mol. The van der Waals surface area contributed by atoms with E-state index in [-0.39, 0.29) is 6.04 Å². The summed E-state index contributed by atoms with van der Waals surface area (Å²) in [7, 11) is 3.27. The zero-order chi connectivity index (χ0) is 10.6. The minimum Gasteiger partial charge on any atom is -0.497 e. The van der Waals surface area contributed by atoms with E-state index < -0.39 is 0 Å². The molecule has 0 heterocycles. The van der Waals surface area contributed by atoms with E-state index >= 15 is 0 Å². The van der Waals surface area contributed by atoms with Crippen molar-refractivity contribution in [3.8, 4) is 11.5 Å². The summed E-state index contributed by atoms with van der Waals surface area (Å²) in [4.78, 5) is 0. The summed E-state index contributed by atoms with van der Waals surface area (Å²) in [6.07, 6.45) is 0.892. The van der Waals surface area contributed by atoms with Crippen LogP contribution in [-0.2, 0) is 0 Å². The third kappa shape index (κ3) is 2.17. The summed E-state index contributed by atoms with van der Waals surface area (Å²) in [5, 5.41) is 0. The molecule has 0 aliphatic heterocycles. The second kappa shape index (κ2) is 4.86. The zero-order valence-corrected chi connectivity index (χ0v) is 8.91. The summed E-state index contributed by atoms with van der Waals surface area (Å²) in [6, 6.07) is 5.72. The Morgan fingerprint density at radius 2 is 2.00 bits per heavy atom. The molecule has 0 aliphatic carbocycles. The number of ether oxygens (including phenoxy) is 2. The Bertz CT molecular complexity index is 299. The molecule has 78 valence electrons. The van der Waals surface area contributed by atoms with Gasteiger partial charge in [-0.1, -0.05) is 13.0 Å². The Morgan fingerprint density at radius 3 is 2.50 bits per heavy atom. The van der Waals surface area contributed by atoms with Gasteiger partial charge in [-0.15, -0.1) is 0 Å². The number of nitrogens with two attached hydrogens (primary N) is 1. The van der Waals surface area contributed by atoms with Crippen LogP contribution in [0.25, 0.3) is 0 Å². The monoisotopic (exact) mass is 195 g/mol. The largest absolute Gasteiger partial charge is 0.497 e. The summed E-state index contributed by atoms with van der Waals surface area (Å²) in [5.74, 6) is 1.58. The zero-order valence-electron chi connectivity index (χ0n) is 8.91. The molecular formula is C11H17NO2. The number of methoxy groups -OCH3 is 2. The van der Waals surface area contributed by atoms with Gasteiger partial charge in [-0.3, -0.25) is 0 Å². The molecule has 3 nitrogen and oxygen atoms in total. The first kappa shape index (κ1) is 10.9. The van der Waals surface area contributed by atoms with Gasteiger partial charge in [-0.2, -0.15) is 0 Å². The fraction of sp³-hybridized carbons (Fsp3) is 0.455. The van der Waals surface area contributed by atoms with E-state index in [1.807, 2.05) is 25.1 Å². The molecule has 1 aromatic rings. The van der Waals surface area contributed by atoms with Gasteiger partial charge in [-0.05, 0) is 12.5 Å². The van der Waals surface area contributed by atoms with Crippen LogP contribution in [0, 0.1) is 0 Å². The van der Waals surface area contributed by atoms with Crippen molar-refractivity contribution in [3.05, 3.63) is 23.8 Å². The third-order valence-corrected chi connectivity index (χ3v) is 2.28. The maximum absolute atomic E-state index is 5.94. The SMILES string of the molecule is CCC(N)c1ccc(OC)cc1OC. The van der Waals surface area contributed by atoms with Crippen LogP contribution in [0.4, 0.5) is 0 Å². The Balaban J connectivity index is 3.04. The summed E-state index contributed by atoms with van der Waals surface area (Å²) >= 11 is 0. The first-order chi connectivity index (χ1) is 6.72. The van der Waals surface area contributed by atoms with E-state index in [2.05, 4.69) is 0 Å². The minimum atomic E-state index is 0.0239. The maximum atomic E-state index is 5.94. The lowest BCUT2D eigenvalue weighted by molar-refractivity contribution is 0.388. The van der Waals surface area contributed by atoms with Gasteiger partial charge < -0.3 is 15.2 Å². The molecule has 1 rings (SSSR count). The van der Waals surface area contributed by atoms with Crippen molar-refractivity contribution >= 4 is 0 Å². The maximum Gasteiger partial charge on any atom is 0.127 e. The predicted molar refractivity (Wildman–Crippen MR) is 56.8 cm³/mol. The Hall–Kier alpha value is -1.22. The highest BCUT2D eigenvalue weighted by molar-refractivity contribution is 5.42. The van der Waals surface area contributed by atoms with Crippen molar-refractivity contribution in [2.75, 3.05) is 14.2 Å². The first-order valence-electron chi connectivity index (χ1n) is 4.70. The lowest BCUT2D eigenvalue weighted by Crippen LogP contribution is -2.10. The molecule has 0 fully saturated rings. The van der Waals surface area contributed by atoms with Crippen molar-refractivity contribution in [2.24, 2.45) is 5.73 Å². The summed E-state index contributed by atoms with van der Waals surface area (Å²) < 4.78 is 10.4. The predicted octanol–water partition coefficient (Wildman–Crippen LogP) is 2.11. The molecule has 1 atom stereocenters. The number of rotatable bonds is 4. The molecule has 0 aliphatic rings. The third-order valence-electron chi connectivity index (χ3n) is 2.28. The Morgan fingerprint density at radius 1 is 1.29 bits per heavy atom. The summed E-state index contributed by atoms with van der Waals surface area (Å²) in [5.41, 5.74) is 6.97. The smallest absolute Gasteiger partial charge is 0.127 e. The standard InChI is InChI=1S/C11H17NO2/c1-4-10(12)9-6-5-8(13-2)7-11(9)14-3/h5-7,10H,4,12H2,1-3H3. The van der Waals surface area contributed by atoms with E-state index in [4.69, 9.17) is 15.2 Å². The first-order valence-corrected chi connectivity index (χ1v) is 4.70. The van der Waals surface area contributed by atoms with E-state index in [0.29, 0.717) is 0 Å². The van der Waals surface area contributed by atoms with E-state index in [1.165, 1.54) is 0 Å². The number of hydrogen-bond acceptors (Lipinski definition) is 3. The lowest BCUT2D eigenvalue weighted by Gasteiger charge is -2.14. The Kier molecular flexibility index (Phi) is 3.77. The van der Waals surface area contributed by atoms with Gasteiger partial charge in [0.2, 0.25) is 0 Å². The van der Waals surface area contributed by atoms with Gasteiger partial charge in [0, 0.05) is 17.7 Å². The fourth-order valence-corrected chi connectivity index (χ4v) is 1.34. The normalized spacial score (nSPS) is 12.3. The quantitative estimate of drug-likeness (QED) is 0.800. The molecule has 0 amide bonds. The highest BCUT2D eigenvalue weighted by Crippen LogP contribution is 2.29. The topological polar surface area (TPSA) is 44.5 Å². The van der Waals surface area contributed by atoms with Crippen LogP contribution in [-0.4, -0.2) is 14.2 Å². The van der Waals surface area contributed by atoms with Gasteiger partial charge in [-0.25, -0.2) is 0 Å². The average Bonchev–Trinajstić information content (AvgIpc) is 2.27. The molecule has 3 heteroatoms. The molecular weight excluding hydrogens is 178 g/mol. The lowest BCUT2D eigenvalue weighted by atomic mass is 10.0. The van der Waals surface area contributed by atoms with Crippen molar-refractivity contribution in [2.45, 2.75) is 19.4 Å². The van der Waals surface area contributed by atoms with Crippen molar-refractivity contribution in [1.29, 1.82) is 0 Å². The molecule has 0 saturated heterocycles. The molecule has 0 aromatic heterocycles. The highest BCUT2D eigenvalue weighted by atomic mass is 16.5. The molecule has 0 bridgehead atoms. The van der Waals surface area contributed by atoms with Crippen molar-refractivity contribution in [1.82, 2.24) is 0 Å². The van der Waals surface area contributed by atoms with Crippen LogP contribution in [0.1, 0.15) is 24.9 Å². The van der Waals surface area contributed by atoms with Gasteiger partial charge in [0.15, 0.2) is 0 Å². The molecule has 1 aromatic carbocycles. The summed E-state index contributed by atoms with van der Waals surface area (Å²) in [6.45, 7) is 2.05. The molecule has 14 heavy (non-hydrogen) atoms. The van der Waals surface area contributed by atoms with E-state index in [9.17, 15) is 0 Å². The molecule has 0 radical (unpaired) electrons. The highest BCUT2D eigenvalue weighted by Gasteiger charge is 2.10. The van der Waals surface area contributed by atoms with Crippen LogP contribution >= 0.6 is 0 Å². The van der Waals surface area contributed by atoms with Crippen molar-refractivity contribution < 1.29 is 9.47 Å². The fourth-order valence-electron chi connectivity index (χ4n) is 1.34. The molecule has 2 N–H and O–H groups in total. The van der Waals surface area contributed by atoms with Gasteiger partial charge >= 0.3 is 0 Å². The Labute approximate surface area is 84.8 Å². The van der Waals surface area contributed by atoms with Gasteiger partial charge in [0.25, 0.3) is 0 Å². The van der Waals surface area contributed by atoms with Gasteiger partial charge in [0.05, 0.1) is 14.2 Å². The van der Waals surface area contributed by atoms with Crippen LogP contribution < -0.4 is 15.2 Å². The minimum absolute atomic E-state index is 0.0239. The van der Waals surface area contributed by atoms with E-state index in [0.717, 1.165) is 23.5 Å². The van der Waals surface area contributed by atoms with Crippen LogP contribution in [0.2, 0.25) is 0 Å². The number of hydrogen-bond donors (Lipinski definition) is 1. The molecule has 1 unspecified atom stereocenters. The molecule has 0 saturated carbocycles. The van der Waals surface area contributed by atoms with Gasteiger partial charge in [0.1, 0.15) is 11.5 Å². The van der Waals surface area contributed by atoms with Crippen LogP contribution in [0.15, 0.2) is 18.2 Å². The van der Waals surface area contributed by atoms with Crippen LogP contribution in [0.3, 0.4) is 0 Å². The second-order valence-electron chi connectivity index (χ2n) is 3.12. The molecule has 0 spiro atoms. The van der Waals surface area contributed by atoms with Crippen LogP contribution in [0.5, 0.6) is 11.5 Å². The number of benzene rings is 1. The van der Waals surface area contributed by atoms with E-state index in [1.54, 1.807) is 14.2 Å². The second-order valence-corrected chi connectivity index (χ2v) is 3.12.